The third-order valence-electron chi connectivity index (χ3n) is 1.97. The Morgan fingerprint density at radius 3 is 2.86 bits per heavy atom. The molecule has 1 heterocycles. The highest BCUT2D eigenvalue weighted by Crippen LogP contribution is 2.21. The Balaban J connectivity index is 2.24. The minimum atomic E-state index is 1.03. The van der Waals surface area contributed by atoms with Crippen LogP contribution in [0.1, 0.15) is 43.9 Å². The van der Waals surface area contributed by atoms with Crippen molar-refractivity contribution >= 4 is 27.3 Å². The molecule has 76 valence electrons. The van der Waals surface area contributed by atoms with E-state index in [4.69, 9.17) is 0 Å². The van der Waals surface area contributed by atoms with Crippen molar-refractivity contribution in [1.29, 1.82) is 0 Å². The molecular weight excluding hydrogens is 256 g/mol. The van der Waals surface area contributed by atoms with Crippen molar-refractivity contribution < 1.29 is 0 Å². The molecule has 0 saturated heterocycles. The summed E-state index contributed by atoms with van der Waals surface area (Å²) in [5, 5.41) is 2.06. The highest BCUT2D eigenvalue weighted by Gasteiger charge is 1.94. The van der Waals surface area contributed by atoms with Crippen LogP contribution in [0.15, 0.2) is 15.9 Å². The van der Waals surface area contributed by atoms with E-state index in [0.717, 1.165) is 15.8 Å². The first-order chi connectivity index (χ1) is 6.84. The summed E-state index contributed by atoms with van der Waals surface area (Å²) in [4.78, 5) is 1.15. The van der Waals surface area contributed by atoms with Crippen LogP contribution in [-0.2, 0) is 0 Å². The van der Waals surface area contributed by atoms with E-state index in [-0.39, 0.29) is 0 Å². The molecule has 0 atom stereocenters. The molecule has 0 fully saturated rings. The summed E-state index contributed by atoms with van der Waals surface area (Å²) in [5.74, 6) is 6.41. The summed E-state index contributed by atoms with van der Waals surface area (Å²) in [6, 6.07) is 2.05. The maximum atomic E-state index is 3.47. The molecule has 2 heteroatoms. The van der Waals surface area contributed by atoms with E-state index < -0.39 is 0 Å². The Morgan fingerprint density at radius 2 is 2.21 bits per heavy atom. The van der Waals surface area contributed by atoms with E-state index in [2.05, 4.69) is 40.1 Å². The van der Waals surface area contributed by atoms with E-state index in [0.29, 0.717) is 0 Å². The van der Waals surface area contributed by atoms with Gasteiger partial charge in [-0.15, -0.1) is 11.3 Å². The summed E-state index contributed by atoms with van der Waals surface area (Å²) < 4.78 is 1.13. The topological polar surface area (TPSA) is 0 Å². The smallest absolute Gasteiger partial charge is 0.0910 e. The Labute approximate surface area is 98.9 Å². The lowest BCUT2D eigenvalue weighted by atomic mass is 10.2. The van der Waals surface area contributed by atoms with Crippen LogP contribution < -0.4 is 0 Å². The molecule has 1 aromatic rings. The van der Waals surface area contributed by atoms with Crippen LogP contribution in [0.5, 0.6) is 0 Å². The zero-order chi connectivity index (χ0) is 10.2. The van der Waals surface area contributed by atoms with Gasteiger partial charge in [0.2, 0.25) is 0 Å². The largest absolute Gasteiger partial charge is 0.134 e. The van der Waals surface area contributed by atoms with Crippen molar-refractivity contribution in [3.05, 3.63) is 20.8 Å². The van der Waals surface area contributed by atoms with Crippen molar-refractivity contribution in [1.82, 2.24) is 0 Å². The second-order valence-corrected chi connectivity index (χ2v) is 4.98. The van der Waals surface area contributed by atoms with Gasteiger partial charge in [0.15, 0.2) is 0 Å². The predicted octanol–water partition coefficient (Wildman–Crippen LogP) is 4.83. The molecular formula is C12H15BrS. The molecule has 0 aliphatic carbocycles. The molecule has 0 aromatic carbocycles. The SMILES string of the molecule is CCCCCCC#Cc1sccc1Br. The maximum Gasteiger partial charge on any atom is 0.0910 e. The van der Waals surface area contributed by atoms with Crippen LogP contribution >= 0.6 is 27.3 Å². The van der Waals surface area contributed by atoms with Gasteiger partial charge in [0, 0.05) is 10.9 Å². The van der Waals surface area contributed by atoms with Gasteiger partial charge in [0.1, 0.15) is 0 Å². The summed E-state index contributed by atoms with van der Waals surface area (Å²) >= 11 is 5.17. The summed E-state index contributed by atoms with van der Waals surface area (Å²) in [6.45, 7) is 2.23. The van der Waals surface area contributed by atoms with Crippen LogP contribution in [0.4, 0.5) is 0 Å². The molecule has 0 aliphatic heterocycles. The van der Waals surface area contributed by atoms with Gasteiger partial charge < -0.3 is 0 Å². The van der Waals surface area contributed by atoms with E-state index in [1.165, 1.54) is 25.7 Å². The standard InChI is InChI=1S/C12H15BrS/c1-2-3-4-5-6-7-8-12-11(13)9-10-14-12/h9-10H,2-6H2,1H3. The highest BCUT2D eigenvalue weighted by molar-refractivity contribution is 9.10. The van der Waals surface area contributed by atoms with Gasteiger partial charge in [-0.1, -0.05) is 38.0 Å². The van der Waals surface area contributed by atoms with Gasteiger partial charge in [-0.2, -0.15) is 0 Å². The van der Waals surface area contributed by atoms with Crippen LogP contribution in [0.3, 0.4) is 0 Å². The first-order valence-electron chi connectivity index (χ1n) is 5.06. The Morgan fingerprint density at radius 1 is 1.36 bits per heavy atom. The fourth-order valence-corrected chi connectivity index (χ4v) is 2.50. The average Bonchev–Trinajstić information content (AvgIpc) is 2.58. The number of thiophene rings is 1. The number of halogens is 1. The average molecular weight is 271 g/mol. The number of unbranched alkanes of at least 4 members (excludes halogenated alkanes) is 4. The molecule has 1 rings (SSSR count). The van der Waals surface area contributed by atoms with Gasteiger partial charge in [0.05, 0.1) is 4.88 Å². The normalized spacial score (nSPS) is 9.57. The fourth-order valence-electron chi connectivity index (χ4n) is 1.17. The molecule has 0 bridgehead atoms. The molecule has 0 aliphatic rings. The summed E-state index contributed by atoms with van der Waals surface area (Å²) in [6.07, 6.45) is 6.22. The van der Waals surface area contributed by atoms with Crippen molar-refractivity contribution in [2.45, 2.75) is 39.0 Å². The van der Waals surface area contributed by atoms with E-state index in [9.17, 15) is 0 Å². The van der Waals surface area contributed by atoms with Gasteiger partial charge in [-0.25, -0.2) is 0 Å². The van der Waals surface area contributed by atoms with E-state index >= 15 is 0 Å². The number of rotatable bonds is 4. The molecule has 0 N–H and O–H groups in total. The molecule has 0 saturated carbocycles. The zero-order valence-electron chi connectivity index (χ0n) is 8.48. The van der Waals surface area contributed by atoms with Crippen molar-refractivity contribution in [2.24, 2.45) is 0 Å². The molecule has 0 radical (unpaired) electrons. The Bertz CT molecular complexity index is 317. The van der Waals surface area contributed by atoms with Crippen molar-refractivity contribution in [3.8, 4) is 11.8 Å². The van der Waals surface area contributed by atoms with Crippen LogP contribution in [0, 0.1) is 11.8 Å². The van der Waals surface area contributed by atoms with Gasteiger partial charge in [0.25, 0.3) is 0 Å². The quantitative estimate of drug-likeness (QED) is 0.543. The van der Waals surface area contributed by atoms with E-state index in [1.54, 1.807) is 11.3 Å². The number of hydrogen-bond donors (Lipinski definition) is 0. The second kappa shape index (κ2) is 7.09. The molecule has 0 nitrogen and oxygen atoms in total. The van der Waals surface area contributed by atoms with Crippen LogP contribution in [0.25, 0.3) is 0 Å². The van der Waals surface area contributed by atoms with Gasteiger partial charge in [-0.05, 0) is 33.8 Å². The molecule has 1 aromatic heterocycles. The van der Waals surface area contributed by atoms with Crippen LogP contribution in [0.2, 0.25) is 0 Å². The van der Waals surface area contributed by atoms with Crippen LogP contribution in [-0.4, -0.2) is 0 Å². The third kappa shape index (κ3) is 4.30. The minimum absolute atomic E-state index is 1.03. The lowest BCUT2D eigenvalue weighted by molar-refractivity contribution is 0.679. The Hall–Kier alpha value is -0.260. The first kappa shape index (κ1) is 11.8. The molecule has 0 amide bonds. The molecule has 0 spiro atoms. The van der Waals surface area contributed by atoms with E-state index in [1.807, 2.05) is 6.07 Å². The summed E-state index contributed by atoms with van der Waals surface area (Å²) in [5.41, 5.74) is 0. The van der Waals surface area contributed by atoms with Gasteiger partial charge >= 0.3 is 0 Å². The third-order valence-corrected chi connectivity index (χ3v) is 3.73. The highest BCUT2D eigenvalue weighted by atomic mass is 79.9. The Kier molecular flexibility index (Phi) is 5.98. The monoisotopic (exact) mass is 270 g/mol. The lowest BCUT2D eigenvalue weighted by Gasteiger charge is -1.91. The maximum absolute atomic E-state index is 3.47. The van der Waals surface area contributed by atoms with Gasteiger partial charge in [-0.3, -0.25) is 0 Å². The van der Waals surface area contributed by atoms with Crippen molar-refractivity contribution in [3.63, 3.8) is 0 Å². The summed E-state index contributed by atoms with van der Waals surface area (Å²) in [7, 11) is 0. The lowest BCUT2D eigenvalue weighted by Crippen LogP contribution is -1.74. The molecule has 14 heavy (non-hydrogen) atoms. The minimum Gasteiger partial charge on any atom is -0.134 e. The molecule has 0 unspecified atom stereocenters. The fraction of sp³-hybridized carbons (Fsp3) is 0.500. The second-order valence-electron chi connectivity index (χ2n) is 3.21. The zero-order valence-corrected chi connectivity index (χ0v) is 10.9. The number of hydrogen-bond acceptors (Lipinski definition) is 1. The van der Waals surface area contributed by atoms with Crippen molar-refractivity contribution in [2.75, 3.05) is 0 Å². The predicted molar refractivity (Wildman–Crippen MR) is 67.7 cm³/mol. The first-order valence-corrected chi connectivity index (χ1v) is 6.73.